The molecule has 1 aliphatic rings. The van der Waals surface area contributed by atoms with Crippen molar-refractivity contribution in [3.63, 3.8) is 0 Å². The van der Waals surface area contributed by atoms with Crippen LogP contribution in [0.5, 0.6) is 0 Å². The minimum absolute atomic E-state index is 0.242. The topological polar surface area (TPSA) is 90.3 Å². The maximum Gasteiger partial charge on any atom is 0.410 e. The Balaban J connectivity index is 1.69. The second-order valence-electron chi connectivity index (χ2n) is 8.83. The van der Waals surface area contributed by atoms with Crippen molar-refractivity contribution in [2.45, 2.75) is 52.2 Å². The summed E-state index contributed by atoms with van der Waals surface area (Å²) in [6, 6.07) is 2.29. The van der Waals surface area contributed by atoms with E-state index in [1.807, 2.05) is 54.7 Å². The summed E-state index contributed by atoms with van der Waals surface area (Å²) in [6.45, 7) is 13.4. The van der Waals surface area contributed by atoms with Gasteiger partial charge >= 0.3 is 6.09 Å². The van der Waals surface area contributed by atoms with Crippen LogP contribution in [0.25, 0.3) is 11.6 Å². The van der Waals surface area contributed by atoms with E-state index in [0.717, 1.165) is 35.2 Å². The molecule has 0 atom stereocenters. The number of nitrogens with one attached hydrogen (secondary N) is 1. The van der Waals surface area contributed by atoms with Crippen LogP contribution in [0, 0.1) is 6.92 Å². The molecule has 0 spiro atoms. The van der Waals surface area contributed by atoms with Crippen LogP contribution in [-0.2, 0) is 4.74 Å². The third-order valence-corrected chi connectivity index (χ3v) is 5.34. The largest absolute Gasteiger partial charge is 0.444 e. The summed E-state index contributed by atoms with van der Waals surface area (Å²) >= 11 is 0. The molecule has 3 N–H and O–H groups in total. The number of amides is 1. The summed E-state index contributed by atoms with van der Waals surface area (Å²) in [7, 11) is 0. The number of aryl methyl sites for hydroxylation is 1. The molecule has 1 amide bonds. The summed E-state index contributed by atoms with van der Waals surface area (Å²) in [6.07, 6.45) is 11.2. The zero-order valence-corrected chi connectivity index (χ0v) is 19.0. The first-order valence-electron chi connectivity index (χ1n) is 10.7. The number of carbonyl (C=O) groups excluding carboxylic acids is 1. The molecule has 31 heavy (non-hydrogen) atoms. The van der Waals surface area contributed by atoms with Crippen LogP contribution in [0.4, 0.5) is 4.79 Å². The molecule has 1 aliphatic heterocycles. The van der Waals surface area contributed by atoms with Crippen molar-refractivity contribution in [2.75, 3.05) is 25.2 Å². The molecule has 1 saturated heterocycles. The van der Waals surface area contributed by atoms with E-state index in [0.29, 0.717) is 19.8 Å². The first kappa shape index (κ1) is 22.7. The number of ether oxygens (including phenoxy) is 1. The average Bonchev–Trinajstić information content (AvgIpc) is 3.33. The van der Waals surface area contributed by atoms with Gasteiger partial charge in [-0.15, -0.1) is 0 Å². The van der Waals surface area contributed by atoms with Gasteiger partial charge < -0.3 is 20.8 Å². The summed E-state index contributed by atoms with van der Waals surface area (Å²) in [5.41, 5.74) is 12.4. The zero-order valence-electron chi connectivity index (χ0n) is 19.0. The fourth-order valence-corrected chi connectivity index (χ4v) is 3.70. The molecule has 3 heterocycles. The molecule has 0 unspecified atom stereocenters. The van der Waals surface area contributed by atoms with Crippen LogP contribution < -0.4 is 11.2 Å². The van der Waals surface area contributed by atoms with Gasteiger partial charge in [0.2, 0.25) is 0 Å². The maximum absolute atomic E-state index is 12.3. The predicted octanol–water partition coefficient (Wildman–Crippen LogP) is 3.75. The van der Waals surface area contributed by atoms with E-state index in [1.165, 1.54) is 0 Å². The Bertz CT molecular complexity index is 942. The van der Waals surface area contributed by atoms with Gasteiger partial charge in [-0.2, -0.15) is 5.10 Å². The lowest BCUT2D eigenvalue weighted by Crippen LogP contribution is -2.42. The number of rotatable bonds is 6. The molecule has 168 valence electrons. The zero-order chi connectivity index (χ0) is 22.6. The molecule has 0 aliphatic carbocycles. The van der Waals surface area contributed by atoms with Crippen LogP contribution in [0.2, 0.25) is 0 Å². The highest BCUT2D eigenvalue weighted by atomic mass is 16.6. The summed E-state index contributed by atoms with van der Waals surface area (Å²) in [5.74, 6) is 0. The molecular formula is C23H34N6O2. The van der Waals surface area contributed by atoms with E-state index in [-0.39, 0.29) is 12.1 Å². The second-order valence-corrected chi connectivity index (χ2v) is 8.83. The van der Waals surface area contributed by atoms with Crippen molar-refractivity contribution in [1.29, 1.82) is 0 Å². The number of nitrogens with zero attached hydrogens (tertiary/aromatic N) is 4. The Labute approximate surface area is 184 Å². The maximum atomic E-state index is 12.3. The molecule has 8 nitrogen and oxygen atoms in total. The second kappa shape index (κ2) is 9.43. The number of aromatic nitrogens is 3. The fraction of sp³-hybridized carbons (Fsp3) is 0.478. The smallest absolute Gasteiger partial charge is 0.410 e. The van der Waals surface area contributed by atoms with Crippen molar-refractivity contribution in [3.8, 4) is 0 Å². The Kier molecular flexibility index (Phi) is 6.90. The van der Waals surface area contributed by atoms with Crippen molar-refractivity contribution in [1.82, 2.24) is 19.4 Å². The standard InChI is InChI=1S/C23H34N6O2/c1-6-18(13-21-17(2)7-12-28(21)26-16-24)19-14-25-29(15-19)20-8-10-27(11-9-20)22(30)31-23(3,4)5/h6-7,12-15,20,26H,1,8-11,16,24H2,2-5H3/b18-13+. The van der Waals surface area contributed by atoms with Crippen LogP contribution in [-0.4, -0.2) is 50.8 Å². The van der Waals surface area contributed by atoms with Gasteiger partial charge in [-0.05, 0) is 63.8 Å². The van der Waals surface area contributed by atoms with E-state index in [9.17, 15) is 4.79 Å². The normalized spacial score (nSPS) is 15.8. The molecule has 0 saturated carbocycles. The molecule has 0 bridgehead atoms. The Morgan fingerprint density at radius 1 is 1.39 bits per heavy atom. The summed E-state index contributed by atoms with van der Waals surface area (Å²) in [4.78, 5) is 14.1. The number of nitrogens with two attached hydrogens (primary N) is 1. The highest BCUT2D eigenvalue weighted by Gasteiger charge is 2.27. The van der Waals surface area contributed by atoms with E-state index in [4.69, 9.17) is 10.5 Å². The van der Waals surface area contributed by atoms with E-state index in [2.05, 4.69) is 36.3 Å². The van der Waals surface area contributed by atoms with Gasteiger partial charge in [-0.25, -0.2) is 4.79 Å². The first-order valence-corrected chi connectivity index (χ1v) is 10.7. The number of piperidine rings is 1. The molecule has 0 aromatic carbocycles. The summed E-state index contributed by atoms with van der Waals surface area (Å²) < 4.78 is 9.40. The Morgan fingerprint density at radius 2 is 2.10 bits per heavy atom. The van der Waals surface area contributed by atoms with E-state index in [1.54, 1.807) is 4.90 Å². The highest BCUT2D eigenvalue weighted by Crippen LogP contribution is 2.26. The lowest BCUT2D eigenvalue weighted by atomic mass is 10.1. The first-order chi connectivity index (χ1) is 14.7. The third kappa shape index (κ3) is 5.58. The SMILES string of the molecule is C=C/C(=C\c1c(C)ccn1NCN)c1cnn(C2CCN(C(=O)OC(C)(C)C)CC2)c1. The Hall–Kier alpha value is -3.00. The van der Waals surface area contributed by atoms with Crippen LogP contribution in [0.1, 0.15) is 56.5 Å². The quantitative estimate of drug-likeness (QED) is 0.542. The molecule has 3 rings (SSSR count). The number of hydrogen-bond donors (Lipinski definition) is 2. The van der Waals surface area contributed by atoms with Gasteiger partial charge in [-0.1, -0.05) is 12.7 Å². The molecule has 0 radical (unpaired) electrons. The van der Waals surface area contributed by atoms with Gasteiger partial charge in [0, 0.05) is 31.0 Å². The van der Waals surface area contributed by atoms with Crippen molar-refractivity contribution in [3.05, 3.63) is 54.1 Å². The predicted molar refractivity (Wildman–Crippen MR) is 124 cm³/mol. The molecule has 1 fully saturated rings. The highest BCUT2D eigenvalue weighted by molar-refractivity contribution is 5.86. The molecular weight excluding hydrogens is 392 g/mol. The number of likely N-dealkylation sites (tertiary alicyclic amines) is 1. The average molecular weight is 427 g/mol. The van der Waals surface area contributed by atoms with Crippen molar-refractivity contribution in [2.24, 2.45) is 5.73 Å². The van der Waals surface area contributed by atoms with Gasteiger partial charge in [0.1, 0.15) is 5.60 Å². The lowest BCUT2D eigenvalue weighted by molar-refractivity contribution is 0.0185. The van der Waals surface area contributed by atoms with Crippen LogP contribution >= 0.6 is 0 Å². The van der Waals surface area contributed by atoms with E-state index >= 15 is 0 Å². The minimum atomic E-state index is -0.476. The summed E-state index contributed by atoms with van der Waals surface area (Å²) in [5, 5.41) is 4.60. The number of carbonyl (C=O) groups is 1. The fourth-order valence-electron chi connectivity index (χ4n) is 3.70. The van der Waals surface area contributed by atoms with Gasteiger partial charge in [0.05, 0.1) is 24.6 Å². The lowest BCUT2D eigenvalue weighted by Gasteiger charge is -2.33. The molecule has 8 heteroatoms. The number of hydrogen-bond acceptors (Lipinski definition) is 5. The van der Waals surface area contributed by atoms with Crippen molar-refractivity contribution < 1.29 is 9.53 Å². The van der Waals surface area contributed by atoms with Gasteiger partial charge in [0.25, 0.3) is 0 Å². The molecule has 2 aromatic rings. The van der Waals surface area contributed by atoms with Crippen LogP contribution in [0.3, 0.4) is 0 Å². The third-order valence-electron chi connectivity index (χ3n) is 5.34. The minimum Gasteiger partial charge on any atom is -0.444 e. The van der Waals surface area contributed by atoms with Crippen molar-refractivity contribution >= 4 is 17.7 Å². The molecule has 2 aromatic heterocycles. The number of allylic oxidation sites excluding steroid dienone is 2. The van der Waals surface area contributed by atoms with Gasteiger partial charge in [0.15, 0.2) is 0 Å². The van der Waals surface area contributed by atoms with Gasteiger partial charge in [-0.3, -0.25) is 9.36 Å². The monoisotopic (exact) mass is 426 g/mol. The van der Waals surface area contributed by atoms with E-state index < -0.39 is 5.60 Å². The van der Waals surface area contributed by atoms with Crippen LogP contribution in [0.15, 0.2) is 37.3 Å². The Morgan fingerprint density at radius 3 is 2.71 bits per heavy atom.